The molecule has 1 aromatic carbocycles. The normalized spacial score (nSPS) is 21.8. The molecule has 1 aromatic rings. The van der Waals surface area contributed by atoms with Gasteiger partial charge in [0.1, 0.15) is 5.78 Å². The minimum Gasteiger partial charge on any atom is -0.299 e. The first-order chi connectivity index (χ1) is 7.86. The van der Waals surface area contributed by atoms with Crippen LogP contribution in [0.4, 0.5) is 0 Å². The Bertz CT molecular complexity index is 329. The predicted octanol–water partition coefficient (Wildman–Crippen LogP) is 3.77. The summed E-state index contributed by atoms with van der Waals surface area (Å²) in [6.07, 6.45) is 7.63. The van der Waals surface area contributed by atoms with Crippen molar-refractivity contribution in [2.45, 2.75) is 44.9 Å². The van der Waals surface area contributed by atoms with Gasteiger partial charge in [0.2, 0.25) is 0 Å². The predicted molar refractivity (Wildman–Crippen MR) is 66.3 cm³/mol. The van der Waals surface area contributed by atoms with E-state index in [2.05, 4.69) is 24.3 Å². The number of aryl methyl sites for hydroxylation is 1. The lowest BCUT2D eigenvalue weighted by Crippen LogP contribution is -2.13. The molecule has 1 unspecified atom stereocenters. The quantitative estimate of drug-likeness (QED) is 0.703. The van der Waals surface area contributed by atoms with Crippen LogP contribution in [0.25, 0.3) is 0 Å². The Hall–Kier alpha value is -1.11. The number of Topliss-reactive ketones (excluding diaryl/α,β-unsaturated/α-hetero) is 1. The molecule has 0 saturated heterocycles. The summed E-state index contributed by atoms with van der Waals surface area (Å²) in [5, 5.41) is 0. The van der Waals surface area contributed by atoms with Crippen molar-refractivity contribution in [3.8, 4) is 0 Å². The second-order valence-corrected chi connectivity index (χ2v) is 4.79. The summed E-state index contributed by atoms with van der Waals surface area (Å²) in [5.41, 5.74) is 1.36. The van der Waals surface area contributed by atoms with Crippen LogP contribution in [0, 0.1) is 5.92 Å². The molecule has 1 atom stereocenters. The van der Waals surface area contributed by atoms with Gasteiger partial charge < -0.3 is 0 Å². The minimum atomic E-state index is 0.336. The van der Waals surface area contributed by atoms with Gasteiger partial charge in [-0.05, 0) is 31.2 Å². The van der Waals surface area contributed by atoms with E-state index in [1.54, 1.807) is 0 Å². The first-order valence-corrected chi connectivity index (χ1v) is 6.43. The summed E-state index contributed by atoms with van der Waals surface area (Å²) in [7, 11) is 0. The summed E-state index contributed by atoms with van der Waals surface area (Å²) in [5.74, 6) is 0.844. The van der Waals surface area contributed by atoms with Crippen molar-refractivity contribution in [2.24, 2.45) is 5.92 Å². The Morgan fingerprint density at radius 1 is 1.06 bits per heavy atom. The molecule has 0 spiro atoms. The fourth-order valence-corrected chi connectivity index (χ4v) is 2.52. The first kappa shape index (κ1) is 11.4. The largest absolute Gasteiger partial charge is 0.299 e. The standard InChI is InChI=1S/C15H20O/c16-15-10-6-2-5-9-14(15)12-11-13-7-3-1-4-8-13/h1,3-4,7-8,14H,2,5-6,9-12H2. The molecule has 0 aromatic heterocycles. The van der Waals surface area contributed by atoms with Gasteiger partial charge in [-0.15, -0.1) is 0 Å². The molecule has 0 radical (unpaired) electrons. The van der Waals surface area contributed by atoms with E-state index >= 15 is 0 Å². The number of carbonyl (C=O) groups excluding carboxylic acids is 1. The number of hydrogen-bond donors (Lipinski definition) is 0. The molecule has 86 valence electrons. The number of ketones is 1. The summed E-state index contributed by atoms with van der Waals surface area (Å²) < 4.78 is 0. The van der Waals surface area contributed by atoms with Crippen molar-refractivity contribution in [2.75, 3.05) is 0 Å². The minimum absolute atomic E-state index is 0.336. The van der Waals surface area contributed by atoms with Gasteiger partial charge in [-0.2, -0.15) is 0 Å². The third kappa shape index (κ3) is 3.19. The molecule has 2 rings (SSSR count). The van der Waals surface area contributed by atoms with Crippen LogP contribution in [-0.4, -0.2) is 5.78 Å². The Morgan fingerprint density at radius 3 is 2.69 bits per heavy atom. The Labute approximate surface area is 97.9 Å². The highest BCUT2D eigenvalue weighted by Crippen LogP contribution is 2.24. The van der Waals surface area contributed by atoms with Crippen LogP contribution >= 0.6 is 0 Å². The summed E-state index contributed by atoms with van der Waals surface area (Å²) >= 11 is 0. The molecule has 1 nitrogen and oxygen atoms in total. The Balaban J connectivity index is 1.86. The van der Waals surface area contributed by atoms with E-state index in [1.807, 2.05) is 6.07 Å². The van der Waals surface area contributed by atoms with Crippen molar-refractivity contribution in [3.05, 3.63) is 35.9 Å². The molecule has 1 fully saturated rings. The zero-order valence-corrected chi connectivity index (χ0v) is 9.82. The molecule has 1 heteroatoms. The molecule has 0 bridgehead atoms. The smallest absolute Gasteiger partial charge is 0.135 e. The molecule has 1 aliphatic carbocycles. The second-order valence-electron chi connectivity index (χ2n) is 4.79. The van der Waals surface area contributed by atoms with Gasteiger partial charge in [-0.1, -0.05) is 43.2 Å². The van der Waals surface area contributed by atoms with E-state index in [4.69, 9.17) is 0 Å². The van der Waals surface area contributed by atoms with Crippen molar-refractivity contribution in [1.29, 1.82) is 0 Å². The monoisotopic (exact) mass is 216 g/mol. The van der Waals surface area contributed by atoms with Crippen LogP contribution in [0.5, 0.6) is 0 Å². The van der Waals surface area contributed by atoms with Crippen molar-refractivity contribution < 1.29 is 4.79 Å². The lowest BCUT2D eigenvalue weighted by atomic mass is 9.92. The molecule has 1 aliphatic rings. The van der Waals surface area contributed by atoms with E-state index in [9.17, 15) is 4.79 Å². The third-order valence-corrected chi connectivity index (χ3v) is 3.56. The fraction of sp³-hybridized carbons (Fsp3) is 0.533. The topological polar surface area (TPSA) is 17.1 Å². The van der Waals surface area contributed by atoms with Gasteiger partial charge in [-0.3, -0.25) is 4.79 Å². The number of benzene rings is 1. The molecular weight excluding hydrogens is 196 g/mol. The zero-order valence-electron chi connectivity index (χ0n) is 9.82. The maximum Gasteiger partial charge on any atom is 0.135 e. The van der Waals surface area contributed by atoms with E-state index < -0.39 is 0 Å². The van der Waals surface area contributed by atoms with E-state index in [-0.39, 0.29) is 0 Å². The maximum absolute atomic E-state index is 11.8. The zero-order chi connectivity index (χ0) is 11.2. The van der Waals surface area contributed by atoms with Crippen molar-refractivity contribution >= 4 is 5.78 Å². The summed E-state index contributed by atoms with van der Waals surface area (Å²) in [6, 6.07) is 10.5. The lowest BCUT2D eigenvalue weighted by Gasteiger charge is -2.12. The van der Waals surface area contributed by atoms with Gasteiger partial charge in [0.25, 0.3) is 0 Å². The maximum atomic E-state index is 11.8. The molecule has 16 heavy (non-hydrogen) atoms. The Kier molecular flexibility index (Phi) is 4.15. The van der Waals surface area contributed by atoms with Gasteiger partial charge in [0.15, 0.2) is 0 Å². The molecular formula is C15H20O. The Morgan fingerprint density at radius 2 is 1.88 bits per heavy atom. The van der Waals surface area contributed by atoms with Crippen molar-refractivity contribution in [1.82, 2.24) is 0 Å². The SMILES string of the molecule is O=C1CCCCCC1CCc1ccccc1. The number of hydrogen-bond acceptors (Lipinski definition) is 1. The van der Waals surface area contributed by atoms with Crippen LogP contribution in [0.1, 0.15) is 44.1 Å². The molecule has 0 N–H and O–H groups in total. The highest BCUT2D eigenvalue weighted by Gasteiger charge is 2.19. The van der Waals surface area contributed by atoms with Crippen LogP contribution in [0.15, 0.2) is 30.3 Å². The molecule has 1 saturated carbocycles. The van der Waals surface area contributed by atoms with Crippen LogP contribution in [0.3, 0.4) is 0 Å². The first-order valence-electron chi connectivity index (χ1n) is 6.43. The van der Waals surface area contributed by atoms with Gasteiger partial charge in [0, 0.05) is 12.3 Å². The van der Waals surface area contributed by atoms with Crippen LogP contribution in [-0.2, 0) is 11.2 Å². The number of rotatable bonds is 3. The van der Waals surface area contributed by atoms with E-state index in [1.165, 1.54) is 18.4 Å². The highest BCUT2D eigenvalue weighted by molar-refractivity contribution is 5.81. The van der Waals surface area contributed by atoms with Crippen LogP contribution in [0.2, 0.25) is 0 Å². The summed E-state index contributed by atoms with van der Waals surface area (Å²) in [4.78, 5) is 11.8. The van der Waals surface area contributed by atoms with E-state index in [0.717, 1.165) is 32.1 Å². The summed E-state index contributed by atoms with van der Waals surface area (Å²) in [6.45, 7) is 0. The highest BCUT2D eigenvalue weighted by atomic mass is 16.1. The molecule has 0 amide bonds. The second kappa shape index (κ2) is 5.83. The van der Waals surface area contributed by atoms with Gasteiger partial charge in [-0.25, -0.2) is 0 Å². The molecule has 0 heterocycles. The number of carbonyl (C=O) groups is 1. The van der Waals surface area contributed by atoms with Crippen LogP contribution < -0.4 is 0 Å². The fourth-order valence-electron chi connectivity index (χ4n) is 2.52. The third-order valence-electron chi connectivity index (χ3n) is 3.56. The van der Waals surface area contributed by atoms with Gasteiger partial charge >= 0.3 is 0 Å². The lowest BCUT2D eigenvalue weighted by molar-refractivity contribution is -0.122. The van der Waals surface area contributed by atoms with E-state index in [0.29, 0.717) is 11.7 Å². The van der Waals surface area contributed by atoms with Gasteiger partial charge in [0.05, 0.1) is 0 Å². The molecule has 0 aliphatic heterocycles. The van der Waals surface area contributed by atoms with Crippen molar-refractivity contribution in [3.63, 3.8) is 0 Å². The average Bonchev–Trinajstić information content (AvgIpc) is 2.53. The average molecular weight is 216 g/mol.